The van der Waals surface area contributed by atoms with Crippen molar-refractivity contribution in [3.8, 4) is 11.8 Å². The molecule has 0 saturated carbocycles. The van der Waals surface area contributed by atoms with Crippen molar-refractivity contribution in [2.45, 2.75) is 19.8 Å². The molecule has 2 aromatic heterocycles. The van der Waals surface area contributed by atoms with Crippen LogP contribution >= 0.6 is 11.6 Å². The fraction of sp³-hybridized carbons (Fsp3) is 0.158. The van der Waals surface area contributed by atoms with Crippen molar-refractivity contribution >= 4 is 33.4 Å². The standard InChI is InChI=1S/C19H15ClN4/c1-11(2)19-16(9-21)15-8-17-12(10-22-23-17)6-18(15)24(19)14-5-3-4-13(20)7-14/h3-8,10-11H,1-2H3,(H,22,23). The van der Waals surface area contributed by atoms with E-state index in [0.717, 1.165) is 33.2 Å². The average Bonchev–Trinajstić information content (AvgIpc) is 3.13. The molecule has 0 radical (unpaired) electrons. The molecule has 0 saturated heterocycles. The lowest BCUT2D eigenvalue weighted by Gasteiger charge is -2.14. The molecule has 0 bridgehead atoms. The Kier molecular flexibility index (Phi) is 3.33. The van der Waals surface area contributed by atoms with E-state index in [4.69, 9.17) is 11.6 Å². The van der Waals surface area contributed by atoms with Crippen LogP contribution in [-0.4, -0.2) is 14.8 Å². The maximum absolute atomic E-state index is 9.79. The summed E-state index contributed by atoms with van der Waals surface area (Å²) < 4.78 is 2.14. The molecule has 0 aliphatic carbocycles. The van der Waals surface area contributed by atoms with Crippen LogP contribution < -0.4 is 0 Å². The predicted molar refractivity (Wildman–Crippen MR) is 96.7 cm³/mol. The summed E-state index contributed by atoms with van der Waals surface area (Å²) in [5, 5.41) is 19.5. The average molecular weight is 335 g/mol. The van der Waals surface area contributed by atoms with Gasteiger partial charge in [-0.3, -0.25) is 5.10 Å². The normalized spacial score (nSPS) is 11.5. The molecule has 118 valence electrons. The van der Waals surface area contributed by atoms with Gasteiger partial charge in [-0.25, -0.2) is 0 Å². The van der Waals surface area contributed by atoms with E-state index in [9.17, 15) is 5.26 Å². The Morgan fingerprint density at radius 1 is 1.25 bits per heavy atom. The number of aromatic amines is 1. The molecule has 24 heavy (non-hydrogen) atoms. The zero-order valence-corrected chi connectivity index (χ0v) is 14.1. The quantitative estimate of drug-likeness (QED) is 0.550. The second-order valence-corrected chi connectivity index (χ2v) is 6.61. The van der Waals surface area contributed by atoms with Crippen LogP contribution in [0.25, 0.3) is 27.5 Å². The molecule has 2 aromatic carbocycles. The Morgan fingerprint density at radius 3 is 2.79 bits per heavy atom. The number of halogens is 1. The third-order valence-electron chi connectivity index (χ3n) is 4.29. The number of hydrogen-bond donors (Lipinski definition) is 1. The summed E-state index contributed by atoms with van der Waals surface area (Å²) in [7, 11) is 0. The number of nitrogens with zero attached hydrogens (tertiary/aromatic N) is 3. The second-order valence-electron chi connectivity index (χ2n) is 6.17. The van der Waals surface area contributed by atoms with Gasteiger partial charge in [0.25, 0.3) is 0 Å². The summed E-state index contributed by atoms with van der Waals surface area (Å²) in [4.78, 5) is 0. The Bertz CT molecular complexity index is 1110. The summed E-state index contributed by atoms with van der Waals surface area (Å²) in [5.41, 5.74) is 4.58. The number of H-pyrrole nitrogens is 1. The monoisotopic (exact) mass is 334 g/mol. The fourth-order valence-electron chi connectivity index (χ4n) is 3.30. The number of aromatic nitrogens is 3. The van der Waals surface area contributed by atoms with Crippen molar-refractivity contribution in [1.82, 2.24) is 14.8 Å². The van der Waals surface area contributed by atoms with Crippen molar-refractivity contribution in [3.05, 3.63) is 58.9 Å². The van der Waals surface area contributed by atoms with Crippen molar-refractivity contribution in [2.75, 3.05) is 0 Å². The van der Waals surface area contributed by atoms with Gasteiger partial charge in [0, 0.05) is 27.2 Å². The van der Waals surface area contributed by atoms with E-state index in [2.05, 4.69) is 40.7 Å². The zero-order valence-electron chi connectivity index (χ0n) is 13.3. The summed E-state index contributed by atoms with van der Waals surface area (Å²) in [6.07, 6.45) is 1.80. The first-order valence-electron chi connectivity index (χ1n) is 7.77. The van der Waals surface area contributed by atoms with Gasteiger partial charge in [0.1, 0.15) is 6.07 Å². The van der Waals surface area contributed by atoms with E-state index in [0.29, 0.717) is 10.6 Å². The van der Waals surface area contributed by atoms with Crippen molar-refractivity contribution in [2.24, 2.45) is 0 Å². The topological polar surface area (TPSA) is 57.4 Å². The molecule has 0 fully saturated rings. The van der Waals surface area contributed by atoms with Gasteiger partial charge in [0.2, 0.25) is 0 Å². The van der Waals surface area contributed by atoms with Crippen LogP contribution in [0.4, 0.5) is 0 Å². The van der Waals surface area contributed by atoms with Crippen molar-refractivity contribution in [1.29, 1.82) is 5.26 Å². The van der Waals surface area contributed by atoms with E-state index >= 15 is 0 Å². The Labute approximate surface area is 144 Å². The van der Waals surface area contributed by atoms with E-state index in [1.54, 1.807) is 6.20 Å². The van der Waals surface area contributed by atoms with Gasteiger partial charge in [-0.1, -0.05) is 31.5 Å². The third-order valence-corrected chi connectivity index (χ3v) is 4.52. The Morgan fingerprint density at radius 2 is 2.08 bits per heavy atom. The molecular weight excluding hydrogens is 320 g/mol. The Balaban J connectivity index is 2.20. The highest BCUT2D eigenvalue weighted by Crippen LogP contribution is 2.36. The fourth-order valence-corrected chi connectivity index (χ4v) is 3.49. The third kappa shape index (κ3) is 2.10. The van der Waals surface area contributed by atoms with Crippen LogP contribution in [0.3, 0.4) is 0 Å². The van der Waals surface area contributed by atoms with Gasteiger partial charge >= 0.3 is 0 Å². The molecule has 0 atom stereocenters. The first-order valence-corrected chi connectivity index (χ1v) is 8.15. The molecule has 4 aromatic rings. The van der Waals surface area contributed by atoms with Gasteiger partial charge < -0.3 is 4.57 Å². The highest BCUT2D eigenvalue weighted by Gasteiger charge is 2.21. The summed E-state index contributed by atoms with van der Waals surface area (Å²) in [5.74, 6) is 0.197. The largest absolute Gasteiger partial charge is 0.312 e. The summed E-state index contributed by atoms with van der Waals surface area (Å²) in [6.45, 7) is 4.20. The van der Waals surface area contributed by atoms with Crippen LogP contribution in [0.2, 0.25) is 5.02 Å². The summed E-state index contributed by atoms with van der Waals surface area (Å²) in [6, 6.07) is 14.2. The van der Waals surface area contributed by atoms with Gasteiger partial charge in [0.15, 0.2) is 0 Å². The number of hydrogen-bond acceptors (Lipinski definition) is 2. The summed E-state index contributed by atoms with van der Waals surface area (Å²) >= 11 is 6.20. The minimum absolute atomic E-state index is 0.197. The lowest BCUT2D eigenvalue weighted by atomic mass is 10.0. The minimum Gasteiger partial charge on any atom is -0.312 e. The van der Waals surface area contributed by atoms with Gasteiger partial charge in [-0.05, 0) is 36.2 Å². The highest BCUT2D eigenvalue weighted by atomic mass is 35.5. The molecule has 2 heterocycles. The van der Waals surface area contributed by atoms with Crippen LogP contribution in [0, 0.1) is 11.3 Å². The molecular formula is C19H15ClN4. The molecule has 4 nitrogen and oxygen atoms in total. The van der Waals surface area contributed by atoms with E-state index in [-0.39, 0.29) is 5.92 Å². The minimum atomic E-state index is 0.197. The Hall–Kier alpha value is -2.77. The second kappa shape index (κ2) is 5.40. The smallest absolute Gasteiger partial charge is 0.102 e. The number of nitriles is 1. The van der Waals surface area contributed by atoms with E-state index < -0.39 is 0 Å². The van der Waals surface area contributed by atoms with E-state index in [1.807, 2.05) is 30.3 Å². The van der Waals surface area contributed by atoms with Crippen LogP contribution in [0.1, 0.15) is 31.0 Å². The van der Waals surface area contributed by atoms with Crippen molar-refractivity contribution < 1.29 is 0 Å². The maximum atomic E-state index is 9.79. The number of rotatable bonds is 2. The molecule has 4 rings (SSSR count). The molecule has 0 aliphatic rings. The predicted octanol–water partition coefficient (Wildman–Crippen LogP) is 5.16. The lowest BCUT2D eigenvalue weighted by Crippen LogP contribution is -2.03. The van der Waals surface area contributed by atoms with Gasteiger partial charge in [-0.2, -0.15) is 10.4 Å². The van der Waals surface area contributed by atoms with Crippen LogP contribution in [0.5, 0.6) is 0 Å². The first-order chi connectivity index (χ1) is 11.6. The SMILES string of the molecule is CC(C)c1c(C#N)c2cc3[nH]ncc3cc2n1-c1cccc(Cl)c1. The molecule has 1 N–H and O–H groups in total. The van der Waals surface area contributed by atoms with Gasteiger partial charge in [0.05, 0.1) is 22.8 Å². The lowest BCUT2D eigenvalue weighted by molar-refractivity contribution is 0.793. The molecule has 5 heteroatoms. The molecule has 0 aliphatic heterocycles. The zero-order chi connectivity index (χ0) is 16.8. The first kappa shape index (κ1) is 14.8. The number of nitrogens with one attached hydrogen (secondary N) is 1. The maximum Gasteiger partial charge on any atom is 0.102 e. The number of fused-ring (bicyclic) bond motifs is 2. The molecule has 0 unspecified atom stereocenters. The van der Waals surface area contributed by atoms with E-state index in [1.165, 1.54) is 0 Å². The van der Waals surface area contributed by atoms with Gasteiger partial charge in [-0.15, -0.1) is 0 Å². The van der Waals surface area contributed by atoms with Crippen molar-refractivity contribution in [3.63, 3.8) is 0 Å². The molecule has 0 amide bonds. The van der Waals surface area contributed by atoms with Crippen LogP contribution in [0.15, 0.2) is 42.6 Å². The highest BCUT2D eigenvalue weighted by molar-refractivity contribution is 6.30. The molecule has 0 spiro atoms. The van der Waals surface area contributed by atoms with Crippen LogP contribution in [-0.2, 0) is 0 Å². The number of benzene rings is 2.